The molecule has 5 nitrogen and oxygen atoms in total. The fourth-order valence-corrected chi connectivity index (χ4v) is 3.74. The highest BCUT2D eigenvalue weighted by atomic mass is 16.5. The van der Waals surface area contributed by atoms with Crippen molar-refractivity contribution in [3.05, 3.63) is 35.4 Å². The summed E-state index contributed by atoms with van der Waals surface area (Å²) in [6, 6.07) is 8.00. The van der Waals surface area contributed by atoms with E-state index in [1.54, 1.807) is 0 Å². The van der Waals surface area contributed by atoms with Crippen molar-refractivity contribution < 1.29 is 19.4 Å². The number of fused-ring (bicyclic) bond motifs is 1. The molecule has 2 N–H and O–H groups in total. The first kappa shape index (κ1) is 16.0. The summed E-state index contributed by atoms with van der Waals surface area (Å²) in [5.74, 6) is -1.47. The lowest BCUT2D eigenvalue weighted by molar-refractivity contribution is -0.145. The first-order valence-electron chi connectivity index (χ1n) is 8.33. The van der Waals surface area contributed by atoms with Crippen LogP contribution in [0.4, 0.5) is 0 Å². The number of aliphatic carboxylic acids is 1. The van der Waals surface area contributed by atoms with E-state index in [0.29, 0.717) is 13.2 Å². The maximum absolute atomic E-state index is 12.5. The van der Waals surface area contributed by atoms with Crippen molar-refractivity contribution in [1.29, 1.82) is 0 Å². The van der Waals surface area contributed by atoms with Gasteiger partial charge in [-0.1, -0.05) is 24.3 Å². The molecule has 2 unspecified atom stereocenters. The molecule has 1 aromatic rings. The number of aryl methyl sites for hydroxylation is 1. The molecule has 5 heteroatoms. The van der Waals surface area contributed by atoms with E-state index in [0.717, 1.165) is 31.2 Å². The second-order valence-corrected chi connectivity index (χ2v) is 6.43. The second-order valence-electron chi connectivity index (χ2n) is 6.43. The van der Waals surface area contributed by atoms with Gasteiger partial charge in [0.15, 0.2) is 0 Å². The zero-order valence-corrected chi connectivity index (χ0v) is 13.2. The minimum atomic E-state index is -0.830. The Labute approximate surface area is 136 Å². The van der Waals surface area contributed by atoms with Gasteiger partial charge in [-0.15, -0.1) is 0 Å². The second kappa shape index (κ2) is 7.13. The SMILES string of the molecule is O=C(NCC(C(=O)O)C1CCOCC1)C1CCc2ccccc21. The van der Waals surface area contributed by atoms with Gasteiger partial charge in [-0.3, -0.25) is 9.59 Å². The molecule has 2 aliphatic rings. The molecule has 1 fully saturated rings. The van der Waals surface area contributed by atoms with Crippen molar-refractivity contribution >= 4 is 11.9 Å². The van der Waals surface area contributed by atoms with E-state index in [1.807, 2.05) is 18.2 Å². The number of hydrogen-bond acceptors (Lipinski definition) is 3. The van der Waals surface area contributed by atoms with Crippen LogP contribution in [0.3, 0.4) is 0 Å². The summed E-state index contributed by atoms with van der Waals surface area (Å²) in [6.07, 6.45) is 3.22. The van der Waals surface area contributed by atoms with Crippen molar-refractivity contribution in [2.75, 3.05) is 19.8 Å². The molecule has 1 aliphatic carbocycles. The highest BCUT2D eigenvalue weighted by Crippen LogP contribution is 2.33. The van der Waals surface area contributed by atoms with Crippen LogP contribution in [0.5, 0.6) is 0 Å². The molecule has 2 atom stereocenters. The van der Waals surface area contributed by atoms with E-state index in [1.165, 1.54) is 5.56 Å². The average Bonchev–Trinajstić information content (AvgIpc) is 2.99. The van der Waals surface area contributed by atoms with Crippen molar-refractivity contribution in [1.82, 2.24) is 5.32 Å². The number of carbonyl (C=O) groups excluding carboxylic acids is 1. The third kappa shape index (κ3) is 3.55. The molecular formula is C18H23NO4. The van der Waals surface area contributed by atoms with Gasteiger partial charge in [0.25, 0.3) is 0 Å². The van der Waals surface area contributed by atoms with Gasteiger partial charge in [-0.2, -0.15) is 0 Å². The molecule has 1 heterocycles. The number of carboxylic acids is 1. The van der Waals surface area contributed by atoms with Crippen LogP contribution in [-0.4, -0.2) is 36.7 Å². The average molecular weight is 317 g/mol. The highest BCUT2D eigenvalue weighted by Gasteiger charge is 2.32. The normalized spacial score (nSPS) is 22.3. The molecule has 0 aromatic heterocycles. The molecule has 3 rings (SSSR count). The Bertz CT molecular complexity index is 580. The Morgan fingerprint density at radius 3 is 2.70 bits per heavy atom. The number of nitrogens with one attached hydrogen (secondary N) is 1. The topological polar surface area (TPSA) is 75.6 Å². The lowest BCUT2D eigenvalue weighted by Crippen LogP contribution is -2.40. The number of amides is 1. The van der Waals surface area contributed by atoms with Gasteiger partial charge in [0.2, 0.25) is 5.91 Å². The molecule has 1 amide bonds. The molecule has 0 spiro atoms. The van der Waals surface area contributed by atoms with Gasteiger partial charge >= 0.3 is 5.97 Å². The molecule has 1 aliphatic heterocycles. The number of carboxylic acid groups (broad SMARTS) is 1. The largest absolute Gasteiger partial charge is 0.481 e. The molecule has 0 bridgehead atoms. The van der Waals surface area contributed by atoms with E-state index in [9.17, 15) is 14.7 Å². The van der Waals surface area contributed by atoms with Gasteiger partial charge in [0.05, 0.1) is 11.8 Å². The highest BCUT2D eigenvalue weighted by molar-refractivity contribution is 5.85. The quantitative estimate of drug-likeness (QED) is 0.870. The molecule has 0 saturated carbocycles. The van der Waals surface area contributed by atoms with E-state index >= 15 is 0 Å². The summed E-state index contributed by atoms with van der Waals surface area (Å²) in [5, 5.41) is 12.4. The zero-order valence-electron chi connectivity index (χ0n) is 13.2. The molecular weight excluding hydrogens is 294 g/mol. The first-order valence-corrected chi connectivity index (χ1v) is 8.33. The Morgan fingerprint density at radius 1 is 1.22 bits per heavy atom. The Hall–Kier alpha value is -1.88. The first-order chi connectivity index (χ1) is 11.2. The molecule has 23 heavy (non-hydrogen) atoms. The van der Waals surface area contributed by atoms with Crippen LogP contribution in [-0.2, 0) is 20.7 Å². The van der Waals surface area contributed by atoms with Gasteiger partial charge < -0.3 is 15.2 Å². The number of hydrogen-bond donors (Lipinski definition) is 2. The van der Waals surface area contributed by atoms with Crippen LogP contribution in [0.1, 0.15) is 36.3 Å². The van der Waals surface area contributed by atoms with Crippen LogP contribution in [0.25, 0.3) is 0 Å². The number of ether oxygens (including phenoxy) is 1. The third-order valence-corrected chi connectivity index (χ3v) is 5.10. The van der Waals surface area contributed by atoms with Crippen LogP contribution < -0.4 is 5.32 Å². The lowest BCUT2D eigenvalue weighted by Gasteiger charge is -2.28. The molecule has 1 saturated heterocycles. The molecule has 1 aromatic carbocycles. The van der Waals surface area contributed by atoms with Gasteiger partial charge in [0, 0.05) is 19.8 Å². The van der Waals surface area contributed by atoms with Crippen molar-refractivity contribution in [3.63, 3.8) is 0 Å². The molecule has 124 valence electrons. The fraction of sp³-hybridized carbons (Fsp3) is 0.556. The summed E-state index contributed by atoms with van der Waals surface area (Å²) < 4.78 is 5.30. The smallest absolute Gasteiger partial charge is 0.308 e. The van der Waals surface area contributed by atoms with Gasteiger partial charge in [-0.25, -0.2) is 0 Å². The zero-order chi connectivity index (χ0) is 16.2. The summed E-state index contributed by atoms with van der Waals surface area (Å²) in [7, 11) is 0. The van der Waals surface area contributed by atoms with E-state index < -0.39 is 11.9 Å². The lowest BCUT2D eigenvalue weighted by atomic mass is 9.86. The van der Waals surface area contributed by atoms with E-state index in [4.69, 9.17) is 4.74 Å². The van der Waals surface area contributed by atoms with Gasteiger partial charge in [-0.05, 0) is 42.7 Å². The van der Waals surface area contributed by atoms with Crippen LogP contribution in [0, 0.1) is 11.8 Å². The predicted molar refractivity (Wildman–Crippen MR) is 85.2 cm³/mol. The van der Waals surface area contributed by atoms with Crippen LogP contribution in [0.15, 0.2) is 24.3 Å². The van der Waals surface area contributed by atoms with E-state index in [2.05, 4.69) is 11.4 Å². The summed E-state index contributed by atoms with van der Waals surface area (Å²) in [4.78, 5) is 24.0. The van der Waals surface area contributed by atoms with Crippen LogP contribution in [0.2, 0.25) is 0 Å². The maximum atomic E-state index is 12.5. The number of benzene rings is 1. The van der Waals surface area contributed by atoms with Crippen molar-refractivity contribution in [2.24, 2.45) is 11.8 Å². The summed E-state index contributed by atoms with van der Waals surface area (Å²) in [6.45, 7) is 1.42. The minimum absolute atomic E-state index is 0.0479. The predicted octanol–water partition coefficient (Wildman–Crippen LogP) is 1.96. The Kier molecular flexibility index (Phi) is 4.96. The number of rotatable bonds is 5. The molecule has 0 radical (unpaired) electrons. The fourth-order valence-electron chi connectivity index (χ4n) is 3.74. The Morgan fingerprint density at radius 2 is 1.96 bits per heavy atom. The number of carbonyl (C=O) groups is 2. The maximum Gasteiger partial charge on any atom is 0.308 e. The third-order valence-electron chi connectivity index (χ3n) is 5.10. The monoisotopic (exact) mass is 317 g/mol. The Balaban J connectivity index is 1.60. The van der Waals surface area contributed by atoms with E-state index in [-0.39, 0.29) is 24.3 Å². The standard InChI is InChI=1S/C18H23NO4/c20-17(15-6-5-12-3-1-2-4-14(12)15)19-11-16(18(21)22)13-7-9-23-10-8-13/h1-4,13,15-16H,5-11H2,(H,19,20)(H,21,22). The van der Waals surface area contributed by atoms with Gasteiger partial charge in [0.1, 0.15) is 0 Å². The van der Waals surface area contributed by atoms with Crippen molar-refractivity contribution in [2.45, 2.75) is 31.6 Å². The summed E-state index contributed by atoms with van der Waals surface area (Å²) >= 11 is 0. The van der Waals surface area contributed by atoms with Crippen LogP contribution >= 0.6 is 0 Å². The summed E-state index contributed by atoms with van der Waals surface area (Å²) in [5.41, 5.74) is 2.31. The van der Waals surface area contributed by atoms with Crippen molar-refractivity contribution in [3.8, 4) is 0 Å². The minimum Gasteiger partial charge on any atom is -0.481 e.